The van der Waals surface area contributed by atoms with Gasteiger partial charge in [-0.25, -0.2) is 0 Å². The molecule has 0 aliphatic carbocycles. The quantitative estimate of drug-likeness (QED) is 0.702. The molecule has 0 aromatic rings. The first-order chi connectivity index (χ1) is 6.02. The number of hydrogen-bond acceptors (Lipinski definition) is 4. The van der Waals surface area contributed by atoms with Crippen LogP contribution in [0.5, 0.6) is 0 Å². The minimum absolute atomic E-state index is 0.00426. The van der Waals surface area contributed by atoms with Crippen molar-refractivity contribution in [1.29, 1.82) is 0 Å². The molecular weight excluding hydrogens is 188 g/mol. The first-order valence-electron chi connectivity index (χ1n) is 4.06. The second kappa shape index (κ2) is 3.96. The van der Waals surface area contributed by atoms with Crippen LogP contribution in [0, 0.1) is 11.8 Å². The predicted molar refractivity (Wildman–Crippen MR) is 51.5 cm³/mol. The fraction of sp³-hybridized carbons (Fsp3) is 0.556. The Kier molecular flexibility index (Phi) is 3.14. The fourth-order valence-electron chi connectivity index (χ4n) is 1.44. The summed E-state index contributed by atoms with van der Waals surface area (Å²) in [5, 5.41) is 8.96. The summed E-state index contributed by atoms with van der Waals surface area (Å²) in [6.45, 7) is 4.81. The lowest BCUT2D eigenvalue weighted by molar-refractivity contribution is -0.125. The molecule has 2 atom stereocenters. The number of hydrogen-bond donors (Lipinski definition) is 1. The summed E-state index contributed by atoms with van der Waals surface area (Å²) < 4.78 is 0. The highest BCUT2D eigenvalue weighted by Crippen LogP contribution is 2.35. The molecule has 1 N–H and O–H groups in total. The zero-order chi connectivity index (χ0) is 10.0. The van der Waals surface area contributed by atoms with Crippen molar-refractivity contribution in [1.82, 2.24) is 0 Å². The molecule has 0 aromatic heterocycles. The molecule has 2 unspecified atom stereocenters. The number of carbonyl (C=O) groups is 2. The monoisotopic (exact) mass is 200 g/mol. The van der Waals surface area contributed by atoms with Crippen LogP contribution in [0.2, 0.25) is 0 Å². The van der Waals surface area contributed by atoms with Gasteiger partial charge in [0, 0.05) is 24.0 Å². The molecule has 1 saturated heterocycles. The van der Waals surface area contributed by atoms with Gasteiger partial charge in [0.1, 0.15) is 5.78 Å². The molecule has 1 aliphatic rings. The number of allylic oxidation sites excluding steroid dienone is 1. The van der Waals surface area contributed by atoms with Crippen LogP contribution >= 0.6 is 11.8 Å². The van der Waals surface area contributed by atoms with Crippen LogP contribution < -0.4 is 0 Å². The molecule has 0 bridgehead atoms. The lowest BCUT2D eigenvalue weighted by Gasteiger charge is -2.12. The fourth-order valence-corrected chi connectivity index (χ4v) is 2.71. The summed E-state index contributed by atoms with van der Waals surface area (Å²) >= 11 is 1.17. The van der Waals surface area contributed by atoms with E-state index in [2.05, 4.69) is 6.58 Å². The second-order valence-electron chi connectivity index (χ2n) is 3.22. The third kappa shape index (κ3) is 2.34. The number of rotatable bonds is 3. The average molecular weight is 200 g/mol. The summed E-state index contributed by atoms with van der Waals surface area (Å²) in [7, 11) is 0. The SMILES string of the molecule is C=C(O)CC1C(=O)SCC1C(C)=O. The van der Waals surface area contributed by atoms with Crippen molar-refractivity contribution in [3.8, 4) is 0 Å². The van der Waals surface area contributed by atoms with Gasteiger partial charge in [-0.05, 0) is 6.92 Å². The molecule has 1 heterocycles. The first kappa shape index (κ1) is 10.3. The Hall–Kier alpha value is -0.770. The van der Waals surface area contributed by atoms with Gasteiger partial charge in [-0.15, -0.1) is 0 Å². The summed E-state index contributed by atoms with van der Waals surface area (Å²) in [6, 6.07) is 0. The summed E-state index contributed by atoms with van der Waals surface area (Å²) in [6.07, 6.45) is 0.218. The Morgan fingerprint density at radius 1 is 1.77 bits per heavy atom. The van der Waals surface area contributed by atoms with Gasteiger partial charge < -0.3 is 5.11 Å². The highest BCUT2D eigenvalue weighted by Gasteiger charge is 2.38. The van der Waals surface area contributed by atoms with E-state index in [1.54, 1.807) is 0 Å². The Balaban J connectivity index is 2.71. The number of aliphatic hydroxyl groups excluding tert-OH is 1. The highest BCUT2D eigenvalue weighted by atomic mass is 32.2. The molecule has 1 fully saturated rings. The van der Waals surface area contributed by atoms with Crippen molar-refractivity contribution >= 4 is 22.7 Å². The summed E-state index contributed by atoms with van der Waals surface area (Å²) in [5.74, 6) is -0.0512. The molecule has 1 aliphatic heterocycles. The van der Waals surface area contributed by atoms with Crippen molar-refractivity contribution in [2.75, 3.05) is 5.75 Å². The second-order valence-corrected chi connectivity index (χ2v) is 4.25. The van der Waals surface area contributed by atoms with Crippen LogP contribution in [0.4, 0.5) is 0 Å². The van der Waals surface area contributed by atoms with Gasteiger partial charge in [0.25, 0.3) is 0 Å². The van der Waals surface area contributed by atoms with Crippen LogP contribution in [-0.2, 0) is 9.59 Å². The van der Waals surface area contributed by atoms with Crippen LogP contribution in [0.3, 0.4) is 0 Å². The molecule has 0 aromatic carbocycles. The third-order valence-electron chi connectivity index (χ3n) is 2.17. The zero-order valence-electron chi connectivity index (χ0n) is 7.45. The average Bonchev–Trinajstić information content (AvgIpc) is 2.32. The van der Waals surface area contributed by atoms with Crippen LogP contribution in [-0.4, -0.2) is 21.8 Å². The molecule has 1 rings (SSSR count). The summed E-state index contributed by atoms with van der Waals surface area (Å²) in [4.78, 5) is 22.4. The molecule has 0 amide bonds. The normalized spacial score (nSPS) is 27.6. The maximum absolute atomic E-state index is 11.3. The van der Waals surface area contributed by atoms with Gasteiger partial charge in [0.15, 0.2) is 5.12 Å². The molecule has 4 heteroatoms. The van der Waals surface area contributed by atoms with E-state index in [0.717, 1.165) is 0 Å². The maximum Gasteiger partial charge on any atom is 0.193 e. The molecule has 3 nitrogen and oxygen atoms in total. The minimum atomic E-state index is -0.361. The van der Waals surface area contributed by atoms with Crippen LogP contribution in [0.15, 0.2) is 12.3 Å². The van der Waals surface area contributed by atoms with Gasteiger partial charge in [-0.3, -0.25) is 9.59 Å². The van der Waals surface area contributed by atoms with Gasteiger partial charge in [-0.1, -0.05) is 18.3 Å². The van der Waals surface area contributed by atoms with E-state index in [-0.39, 0.29) is 34.9 Å². The van der Waals surface area contributed by atoms with Crippen molar-refractivity contribution in [2.45, 2.75) is 13.3 Å². The lowest BCUT2D eigenvalue weighted by atomic mass is 9.89. The van der Waals surface area contributed by atoms with Gasteiger partial charge in [-0.2, -0.15) is 0 Å². The molecule has 72 valence electrons. The number of aliphatic hydroxyl groups is 1. The Morgan fingerprint density at radius 3 is 2.85 bits per heavy atom. The topological polar surface area (TPSA) is 54.4 Å². The van der Waals surface area contributed by atoms with E-state index in [1.807, 2.05) is 0 Å². The van der Waals surface area contributed by atoms with E-state index >= 15 is 0 Å². The van der Waals surface area contributed by atoms with E-state index in [1.165, 1.54) is 18.7 Å². The van der Waals surface area contributed by atoms with E-state index < -0.39 is 0 Å². The molecule has 0 saturated carbocycles. The molecular formula is C9H12O3S. The van der Waals surface area contributed by atoms with Gasteiger partial charge in [0.05, 0.1) is 5.76 Å². The molecule has 13 heavy (non-hydrogen) atoms. The number of ketones is 1. The van der Waals surface area contributed by atoms with Crippen LogP contribution in [0.25, 0.3) is 0 Å². The number of carbonyl (C=O) groups excluding carboxylic acids is 2. The molecule has 0 spiro atoms. The standard InChI is InChI=1S/C9H12O3S/c1-5(10)3-7-8(6(2)11)4-13-9(7)12/h7-8,10H,1,3-4H2,2H3. The van der Waals surface area contributed by atoms with Crippen molar-refractivity contribution in [3.63, 3.8) is 0 Å². The van der Waals surface area contributed by atoms with Crippen molar-refractivity contribution < 1.29 is 14.7 Å². The van der Waals surface area contributed by atoms with Crippen LogP contribution in [0.1, 0.15) is 13.3 Å². The van der Waals surface area contributed by atoms with E-state index in [9.17, 15) is 9.59 Å². The van der Waals surface area contributed by atoms with Crippen molar-refractivity contribution in [3.05, 3.63) is 12.3 Å². The Morgan fingerprint density at radius 2 is 2.38 bits per heavy atom. The summed E-state index contributed by atoms with van der Waals surface area (Å²) in [5.41, 5.74) is 0. The largest absolute Gasteiger partial charge is 0.513 e. The minimum Gasteiger partial charge on any atom is -0.513 e. The van der Waals surface area contributed by atoms with E-state index in [0.29, 0.717) is 5.75 Å². The maximum atomic E-state index is 11.3. The van der Waals surface area contributed by atoms with E-state index in [4.69, 9.17) is 5.11 Å². The third-order valence-corrected chi connectivity index (χ3v) is 3.28. The smallest absolute Gasteiger partial charge is 0.193 e. The van der Waals surface area contributed by atoms with Gasteiger partial charge >= 0.3 is 0 Å². The number of thioether (sulfide) groups is 1. The Bertz CT molecular complexity index is 260. The van der Waals surface area contributed by atoms with Gasteiger partial charge in [0.2, 0.25) is 0 Å². The number of Topliss-reactive ketones (excluding diaryl/α,β-unsaturated/α-hetero) is 1. The predicted octanol–water partition coefficient (Wildman–Crippen LogP) is 1.54. The zero-order valence-corrected chi connectivity index (χ0v) is 8.26. The van der Waals surface area contributed by atoms with Crippen molar-refractivity contribution in [2.24, 2.45) is 11.8 Å². The molecule has 0 radical (unpaired) electrons. The lowest BCUT2D eigenvalue weighted by Crippen LogP contribution is -2.22. The Labute approximate surface area is 81.2 Å². The highest BCUT2D eigenvalue weighted by molar-refractivity contribution is 8.14. The first-order valence-corrected chi connectivity index (χ1v) is 5.04.